The lowest BCUT2D eigenvalue weighted by Gasteiger charge is -2.12. The van der Waals surface area contributed by atoms with Gasteiger partial charge in [0.05, 0.1) is 0 Å². The summed E-state index contributed by atoms with van der Waals surface area (Å²) in [6.07, 6.45) is 6.64. The lowest BCUT2D eigenvalue weighted by molar-refractivity contribution is 0.474. The minimum Gasteiger partial charge on any atom is -0.508 e. The molecule has 2 nitrogen and oxygen atoms in total. The van der Waals surface area contributed by atoms with Gasteiger partial charge in [0.25, 0.3) is 0 Å². The zero-order chi connectivity index (χ0) is 13.9. The molecule has 0 aromatic heterocycles. The summed E-state index contributed by atoms with van der Waals surface area (Å²) in [5, 5.41) is 13.1. The normalized spacial score (nSPS) is 10.6. The summed E-state index contributed by atoms with van der Waals surface area (Å²) in [4.78, 5) is 1.16. The Labute approximate surface area is 129 Å². The monoisotopic (exact) mass is 317 g/mol. The van der Waals surface area contributed by atoms with Crippen molar-refractivity contribution in [1.29, 1.82) is 0 Å². The van der Waals surface area contributed by atoms with Crippen LogP contribution in [0.4, 0.5) is 5.69 Å². The number of nitrogens with one attached hydrogen (secondary N) is 1. The lowest BCUT2D eigenvalue weighted by Crippen LogP contribution is -2.03. The highest BCUT2D eigenvalue weighted by molar-refractivity contribution is 8.00. The second-order valence-corrected chi connectivity index (χ2v) is 7.26. The molecule has 2 N–H and O–H groups in total. The van der Waals surface area contributed by atoms with Gasteiger partial charge in [-0.05, 0) is 60.8 Å². The van der Waals surface area contributed by atoms with E-state index >= 15 is 0 Å². The van der Waals surface area contributed by atoms with Gasteiger partial charge in [0.2, 0.25) is 0 Å². The van der Waals surface area contributed by atoms with Crippen molar-refractivity contribution in [2.24, 2.45) is 0 Å². The van der Waals surface area contributed by atoms with E-state index in [1.165, 1.54) is 24.3 Å². The lowest BCUT2D eigenvalue weighted by atomic mass is 10.3. The van der Waals surface area contributed by atoms with Crippen molar-refractivity contribution < 1.29 is 5.11 Å². The van der Waals surface area contributed by atoms with Gasteiger partial charge < -0.3 is 10.4 Å². The maximum absolute atomic E-state index is 9.60. The molecule has 1 aromatic carbocycles. The Morgan fingerprint density at radius 3 is 2.53 bits per heavy atom. The Hall–Kier alpha value is -0.130. The molecule has 1 rings (SSSR count). The van der Waals surface area contributed by atoms with E-state index in [0.29, 0.717) is 5.75 Å². The van der Waals surface area contributed by atoms with Crippen LogP contribution in [0.5, 0.6) is 5.75 Å². The van der Waals surface area contributed by atoms with Crippen LogP contribution in [-0.4, -0.2) is 41.4 Å². The Morgan fingerprint density at radius 1 is 1.05 bits per heavy atom. The zero-order valence-corrected chi connectivity index (χ0v) is 14.1. The fraction of sp³-hybridized carbons (Fsp3) is 0.571. The molecule has 0 aliphatic carbocycles. The van der Waals surface area contributed by atoms with E-state index in [1.54, 1.807) is 6.07 Å². The fourth-order valence-corrected chi connectivity index (χ4v) is 3.66. The SMILES string of the molecule is CSCCCNc1ccc(O)cc1SCCCSC. The van der Waals surface area contributed by atoms with Crippen LogP contribution >= 0.6 is 35.3 Å². The Morgan fingerprint density at radius 2 is 1.79 bits per heavy atom. The van der Waals surface area contributed by atoms with Crippen molar-refractivity contribution in [3.63, 3.8) is 0 Å². The van der Waals surface area contributed by atoms with E-state index in [0.717, 1.165) is 22.9 Å². The van der Waals surface area contributed by atoms with Gasteiger partial charge in [0, 0.05) is 17.1 Å². The number of aromatic hydroxyl groups is 1. The first-order valence-electron chi connectivity index (χ1n) is 6.45. The van der Waals surface area contributed by atoms with E-state index in [-0.39, 0.29) is 0 Å². The second-order valence-electron chi connectivity index (χ2n) is 4.15. The highest BCUT2D eigenvalue weighted by atomic mass is 32.2. The predicted molar refractivity (Wildman–Crippen MR) is 93.3 cm³/mol. The molecular formula is C14H23NOS3. The molecule has 0 unspecified atom stereocenters. The molecule has 0 saturated carbocycles. The van der Waals surface area contributed by atoms with Crippen LogP contribution < -0.4 is 5.32 Å². The molecule has 0 bridgehead atoms. The van der Waals surface area contributed by atoms with E-state index < -0.39 is 0 Å². The molecule has 0 amide bonds. The molecule has 0 fully saturated rings. The standard InChI is InChI=1S/C14H23NOS3/c1-17-8-3-7-15-13-6-5-12(16)11-14(13)19-10-4-9-18-2/h5-6,11,15-16H,3-4,7-10H2,1-2H3. The minimum atomic E-state index is 0.349. The maximum Gasteiger partial charge on any atom is 0.116 e. The van der Waals surface area contributed by atoms with Gasteiger partial charge in [-0.2, -0.15) is 23.5 Å². The smallest absolute Gasteiger partial charge is 0.116 e. The summed E-state index contributed by atoms with van der Waals surface area (Å²) >= 11 is 5.58. The van der Waals surface area contributed by atoms with Gasteiger partial charge >= 0.3 is 0 Å². The van der Waals surface area contributed by atoms with Gasteiger partial charge in [-0.25, -0.2) is 0 Å². The van der Waals surface area contributed by atoms with Crippen LogP contribution in [0.3, 0.4) is 0 Å². The molecule has 0 radical (unpaired) electrons. The van der Waals surface area contributed by atoms with Gasteiger partial charge in [0.15, 0.2) is 0 Å². The third kappa shape index (κ3) is 7.28. The predicted octanol–water partition coefficient (Wildman–Crippen LogP) is 4.40. The van der Waals surface area contributed by atoms with E-state index in [9.17, 15) is 5.11 Å². The molecule has 0 aliphatic heterocycles. The minimum absolute atomic E-state index is 0.349. The molecule has 1 aromatic rings. The topological polar surface area (TPSA) is 32.3 Å². The number of hydrogen-bond acceptors (Lipinski definition) is 5. The molecule has 0 heterocycles. The van der Waals surface area contributed by atoms with Crippen LogP contribution in [0, 0.1) is 0 Å². The molecule has 0 saturated heterocycles. The molecule has 0 aliphatic rings. The highest BCUT2D eigenvalue weighted by Gasteiger charge is 2.04. The largest absolute Gasteiger partial charge is 0.508 e. The molecule has 5 heteroatoms. The number of rotatable bonds is 10. The average molecular weight is 318 g/mol. The summed E-state index contributed by atoms with van der Waals surface area (Å²) in [5.74, 6) is 3.83. The summed E-state index contributed by atoms with van der Waals surface area (Å²) in [6, 6.07) is 5.59. The highest BCUT2D eigenvalue weighted by Crippen LogP contribution is 2.31. The second kappa shape index (κ2) is 10.6. The summed E-state index contributed by atoms with van der Waals surface area (Å²) in [7, 11) is 0. The average Bonchev–Trinajstić information content (AvgIpc) is 2.41. The third-order valence-electron chi connectivity index (χ3n) is 2.56. The number of hydrogen-bond donors (Lipinski definition) is 2. The van der Waals surface area contributed by atoms with Crippen LogP contribution in [0.25, 0.3) is 0 Å². The molecule has 19 heavy (non-hydrogen) atoms. The first-order valence-corrected chi connectivity index (χ1v) is 10.2. The summed E-state index contributed by atoms with van der Waals surface area (Å²) in [5.41, 5.74) is 1.15. The molecule has 108 valence electrons. The van der Waals surface area contributed by atoms with Crippen LogP contribution in [-0.2, 0) is 0 Å². The maximum atomic E-state index is 9.60. The number of anilines is 1. The van der Waals surface area contributed by atoms with E-state index in [4.69, 9.17) is 0 Å². The number of benzene rings is 1. The van der Waals surface area contributed by atoms with Crippen LogP contribution in [0.15, 0.2) is 23.1 Å². The number of thioether (sulfide) groups is 3. The molecule has 0 atom stereocenters. The first-order chi connectivity index (χ1) is 9.27. The van der Waals surface area contributed by atoms with Crippen molar-refractivity contribution >= 4 is 41.0 Å². The Bertz CT molecular complexity index is 361. The van der Waals surface area contributed by atoms with Gasteiger partial charge in [0.1, 0.15) is 5.75 Å². The zero-order valence-electron chi connectivity index (χ0n) is 11.6. The van der Waals surface area contributed by atoms with Crippen molar-refractivity contribution in [2.45, 2.75) is 17.7 Å². The van der Waals surface area contributed by atoms with Gasteiger partial charge in [-0.3, -0.25) is 0 Å². The van der Waals surface area contributed by atoms with Crippen molar-refractivity contribution in [3.05, 3.63) is 18.2 Å². The van der Waals surface area contributed by atoms with Crippen LogP contribution in [0.2, 0.25) is 0 Å². The van der Waals surface area contributed by atoms with E-state index in [1.807, 2.05) is 47.4 Å². The fourth-order valence-electron chi connectivity index (χ4n) is 1.60. The van der Waals surface area contributed by atoms with Gasteiger partial charge in [-0.15, -0.1) is 11.8 Å². The Balaban J connectivity index is 2.48. The first kappa shape index (κ1) is 16.9. The quantitative estimate of drug-likeness (QED) is 0.379. The summed E-state index contributed by atoms with van der Waals surface area (Å²) < 4.78 is 0. The van der Waals surface area contributed by atoms with Crippen molar-refractivity contribution in [2.75, 3.05) is 41.6 Å². The number of phenolic OH excluding ortho intramolecular Hbond substituents is 1. The van der Waals surface area contributed by atoms with Gasteiger partial charge in [-0.1, -0.05) is 0 Å². The summed E-state index contributed by atoms with van der Waals surface area (Å²) in [6.45, 7) is 0.990. The molecular weight excluding hydrogens is 294 g/mol. The number of phenols is 1. The third-order valence-corrected chi connectivity index (χ3v) is 5.09. The Kier molecular flexibility index (Phi) is 9.47. The van der Waals surface area contributed by atoms with E-state index in [2.05, 4.69) is 17.8 Å². The van der Waals surface area contributed by atoms with Crippen LogP contribution in [0.1, 0.15) is 12.8 Å². The molecule has 0 spiro atoms. The van der Waals surface area contributed by atoms with Crippen molar-refractivity contribution in [3.8, 4) is 5.75 Å². The van der Waals surface area contributed by atoms with Crippen molar-refractivity contribution in [1.82, 2.24) is 0 Å².